The van der Waals surface area contributed by atoms with Crippen molar-refractivity contribution in [2.24, 2.45) is 0 Å². The molecular weight excluding hydrogens is 296 g/mol. The number of hydrogen-bond acceptors (Lipinski definition) is 7. The zero-order valence-corrected chi connectivity index (χ0v) is 13.3. The number of hydrogen-bond donors (Lipinski definition) is 1. The molecule has 1 fully saturated rings. The fraction of sp³-hybridized carbons (Fsp3) is 0.438. The number of ether oxygens (including phenoxy) is 3. The second-order valence-electron chi connectivity index (χ2n) is 5.29. The minimum absolute atomic E-state index is 0.262. The van der Waals surface area contributed by atoms with Crippen LogP contribution in [0.2, 0.25) is 0 Å². The molecule has 23 heavy (non-hydrogen) atoms. The summed E-state index contributed by atoms with van der Waals surface area (Å²) in [6.07, 6.45) is 7.44. The van der Waals surface area contributed by atoms with Gasteiger partial charge in [-0.05, 0) is 25.5 Å². The Kier molecular flexibility index (Phi) is 4.87. The molecule has 0 spiro atoms. The lowest BCUT2D eigenvalue weighted by atomic mass is 10.1. The van der Waals surface area contributed by atoms with Gasteiger partial charge in [0.05, 0.1) is 26.0 Å². The van der Waals surface area contributed by atoms with E-state index in [1.165, 1.54) is 13.5 Å². The van der Waals surface area contributed by atoms with Crippen LogP contribution in [0.4, 0.5) is 0 Å². The van der Waals surface area contributed by atoms with Gasteiger partial charge in [0.2, 0.25) is 5.88 Å². The third-order valence-electron chi connectivity index (χ3n) is 3.75. The van der Waals surface area contributed by atoms with Gasteiger partial charge in [0.25, 0.3) is 0 Å². The topological polar surface area (TPSA) is 78.4 Å². The molecule has 3 rings (SSSR count). The number of nitrogens with one attached hydrogen (secondary N) is 1. The van der Waals surface area contributed by atoms with Gasteiger partial charge in [-0.1, -0.05) is 0 Å². The van der Waals surface area contributed by atoms with Crippen LogP contribution in [0.3, 0.4) is 0 Å². The number of rotatable bonds is 6. The van der Waals surface area contributed by atoms with E-state index in [2.05, 4.69) is 20.3 Å². The Bertz CT molecular complexity index is 660. The van der Waals surface area contributed by atoms with Crippen molar-refractivity contribution in [3.63, 3.8) is 0 Å². The van der Waals surface area contributed by atoms with Crippen LogP contribution in [0.1, 0.15) is 12.8 Å². The third-order valence-corrected chi connectivity index (χ3v) is 3.75. The Labute approximate surface area is 135 Å². The van der Waals surface area contributed by atoms with E-state index in [4.69, 9.17) is 14.2 Å². The molecule has 0 unspecified atom stereocenters. The van der Waals surface area contributed by atoms with Crippen molar-refractivity contribution in [2.45, 2.75) is 18.9 Å². The number of nitrogens with zero attached hydrogens (tertiary/aromatic N) is 3. The Morgan fingerprint density at radius 2 is 2.13 bits per heavy atom. The van der Waals surface area contributed by atoms with Crippen molar-refractivity contribution in [3.05, 3.63) is 24.7 Å². The van der Waals surface area contributed by atoms with E-state index < -0.39 is 0 Å². The highest BCUT2D eigenvalue weighted by Crippen LogP contribution is 2.30. The molecule has 0 aliphatic carbocycles. The second-order valence-corrected chi connectivity index (χ2v) is 5.29. The average Bonchev–Trinajstić information content (AvgIpc) is 3.13. The van der Waals surface area contributed by atoms with Crippen LogP contribution in [-0.4, -0.2) is 48.4 Å². The Balaban J connectivity index is 1.78. The summed E-state index contributed by atoms with van der Waals surface area (Å²) in [7, 11) is 3.08. The van der Waals surface area contributed by atoms with Gasteiger partial charge in [-0.3, -0.25) is 4.98 Å². The average molecular weight is 316 g/mol. The first-order valence-corrected chi connectivity index (χ1v) is 7.57. The summed E-state index contributed by atoms with van der Waals surface area (Å²) < 4.78 is 16.2. The summed E-state index contributed by atoms with van der Waals surface area (Å²) in [5, 5.41) is 3.40. The van der Waals surface area contributed by atoms with Crippen LogP contribution in [0.25, 0.3) is 11.1 Å². The number of pyridine rings is 1. The molecule has 0 amide bonds. The van der Waals surface area contributed by atoms with Gasteiger partial charge in [-0.25, -0.2) is 4.98 Å². The molecule has 2 aromatic heterocycles. The van der Waals surface area contributed by atoms with Crippen LogP contribution in [0.15, 0.2) is 24.7 Å². The maximum absolute atomic E-state index is 5.84. The van der Waals surface area contributed by atoms with Crippen molar-refractivity contribution in [2.75, 3.05) is 27.4 Å². The van der Waals surface area contributed by atoms with E-state index in [-0.39, 0.29) is 6.01 Å². The van der Waals surface area contributed by atoms with Crippen LogP contribution in [-0.2, 0) is 0 Å². The number of methoxy groups -OCH3 is 2. The number of aromatic nitrogens is 3. The highest BCUT2D eigenvalue weighted by atomic mass is 16.5. The van der Waals surface area contributed by atoms with Crippen LogP contribution in [0, 0.1) is 0 Å². The summed E-state index contributed by atoms with van der Waals surface area (Å²) in [6.45, 7) is 1.70. The molecule has 0 radical (unpaired) electrons. The molecule has 7 heteroatoms. The maximum Gasteiger partial charge on any atom is 0.319 e. The lowest BCUT2D eigenvalue weighted by Crippen LogP contribution is -2.28. The lowest BCUT2D eigenvalue weighted by molar-refractivity contribution is 0.276. The Hall–Kier alpha value is -2.41. The normalized spacial score (nSPS) is 17.0. The maximum atomic E-state index is 5.84. The fourth-order valence-corrected chi connectivity index (χ4v) is 2.54. The third kappa shape index (κ3) is 3.68. The summed E-state index contributed by atoms with van der Waals surface area (Å²) in [5.41, 5.74) is 1.58. The van der Waals surface area contributed by atoms with Gasteiger partial charge in [-0.15, -0.1) is 0 Å². The highest BCUT2D eigenvalue weighted by molar-refractivity contribution is 5.68. The predicted molar refractivity (Wildman–Crippen MR) is 84.9 cm³/mol. The molecule has 1 aliphatic rings. The summed E-state index contributed by atoms with van der Waals surface area (Å²) in [4.78, 5) is 12.6. The van der Waals surface area contributed by atoms with Gasteiger partial charge < -0.3 is 19.5 Å². The van der Waals surface area contributed by atoms with E-state index in [0.717, 1.165) is 24.1 Å². The SMILES string of the molecule is COc1ncc(-c2cncc(OC[C@@H]3CCCN3)c2)c(OC)n1. The molecule has 7 nitrogen and oxygen atoms in total. The molecule has 0 aromatic carbocycles. The summed E-state index contributed by atoms with van der Waals surface area (Å²) in [6, 6.07) is 2.59. The first kappa shape index (κ1) is 15.5. The predicted octanol–water partition coefficient (Wildman–Crippen LogP) is 1.69. The highest BCUT2D eigenvalue weighted by Gasteiger charge is 2.15. The zero-order valence-electron chi connectivity index (χ0n) is 13.3. The molecule has 2 aromatic rings. The molecule has 1 atom stereocenters. The molecule has 3 heterocycles. The molecule has 0 bridgehead atoms. The van der Waals surface area contributed by atoms with Crippen LogP contribution < -0.4 is 19.5 Å². The van der Waals surface area contributed by atoms with E-state index in [9.17, 15) is 0 Å². The summed E-state index contributed by atoms with van der Waals surface area (Å²) in [5.74, 6) is 1.15. The van der Waals surface area contributed by atoms with Crippen molar-refractivity contribution in [1.82, 2.24) is 20.3 Å². The minimum atomic E-state index is 0.262. The van der Waals surface area contributed by atoms with Crippen LogP contribution >= 0.6 is 0 Å². The van der Waals surface area contributed by atoms with E-state index in [0.29, 0.717) is 24.3 Å². The Morgan fingerprint density at radius 3 is 2.87 bits per heavy atom. The quantitative estimate of drug-likeness (QED) is 0.868. The van der Waals surface area contributed by atoms with Gasteiger partial charge >= 0.3 is 6.01 Å². The molecule has 122 valence electrons. The second kappa shape index (κ2) is 7.23. The molecular formula is C16H20N4O3. The smallest absolute Gasteiger partial charge is 0.319 e. The van der Waals surface area contributed by atoms with Gasteiger partial charge in [0.1, 0.15) is 12.4 Å². The Morgan fingerprint density at radius 1 is 1.22 bits per heavy atom. The molecule has 1 saturated heterocycles. The molecule has 1 N–H and O–H groups in total. The van der Waals surface area contributed by atoms with E-state index in [1.807, 2.05) is 6.07 Å². The summed E-state index contributed by atoms with van der Waals surface area (Å²) >= 11 is 0. The van der Waals surface area contributed by atoms with E-state index in [1.54, 1.807) is 25.7 Å². The van der Waals surface area contributed by atoms with Gasteiger partial charge in [0, 0.05) is 24.0 Å². The van der Waals surface area contributed by atoms with Crippen molar-refractivity contribution in [1.29, 1.82) is 0 Å². The van der Waals surface area contributed by atoms with E-state index >= 15 is 0 Å². The fourth-order valence-electron chi connectivity index (χ4n) is 2.54. The minimum Gasteiger partial charge on any atom is -0.490 e. The van der Waals surface area contributed by atoms with Crippen LogP contribution in [0.5, 0.6) is 17.6 Å². The van der Waals surface area contributed by atoms with Crippen molar-refractivity contribution >= 4 is 0 Å². The monoisotopic (exact) mass is 316 g/mol. The zero-order chi connectivity index (χ0) is 16.1. The first-order chi connectivity index (χ1) is 11.3. The molecule has 1 aliphatic heterocycles. The largest absolute Gasteiger partial charge is 0.490 e. The van der Waals surface area contributed by atoms with Gasteiger partial charge in [-0.2, -0.15) is 4.98 Å². The first-order valence-electron chi connectivity index (χ1n) is 7.57. The van der Waals surface area contributed by atoms with Crippen molar-refractivity contribution in [3.8, 4) is 28.8 Å². The standard InChI is InChI=1S/C16H20N4O3/c1-21-15-14(9-19-16(20-15)22-2)11-6-13(8-17-7-11)23-10-12-4-3-5-18-12/h6-9,12,18H,3-5,10H2,1-2H3/t12-/m0/s1. The van der Waals surface area contributed by atoms with Gasteiger partial charge in [0.15, 0.2) is 0 Å². The lowest BCUT2D eigenvalue weighted by Gasteiger charge is -2.13. The molecule has 0 saturated carbocycles. The van der Waals surface area contributed by atoms with Crippen molar-refractivity contribution < 1.29 is 14.2 Å².